The van der Waals surface area contributed by atoms with Gasteiger partial charge in [0, 0.05) is 31.3 Å². The molecular weight excluding hydrogens is 821 g/mol. The number of nitrogens with one attached hydrogen (secondary N) is 1. The molecule has 12 nitrogen and oxygen atoms in total. The number of ether oxygens (including phenoxy) is 3. The Kier molecular flexibility index (Phi) is 13.3. The smallest absolute Gasteiger partial charge is 0.337 e. The summed E-state index contributed by atoms with van der Waals surface area (Å²) >= 11 is 5.36. The van der Waals surface area contributed by atoms with Crippen molar-refractivity contribution in [3.63, 3.8) is 0 Å². The Bertz CT molecular complexity index is 1080. The van der Waals surface area contributed by atoms with Gasteiger partial charge in [-0.1, -0.05) is 0 Å². The van der Waals surface area contributed by atoms with Crippen molar-refractivity contribution >= 4 is 109 Å². The Morgan fingerprint density at radius 1 is 0.861 bits per heavy atom. The van der Waals surface area contributed by atoms with Gasteiger partial charge < -0.3 is 29.5 Å². The molecule has 0 radical (unpaired) electrons. The van der Waals surface area contributed by atoms with Crippen molar-refractivity contribution in [1.82, 2.24) is 5.32 Å². The number of halogens is 3. The summed E-state index contributed by atoms with van der Waals surface area (Å²) in [6, 6.07) is 0. The number of rotatable bonds is 11. The van der Waals surface area contributed by atoms with Crippen LogP contribution < -0.4 is 10.2 Å². The van der Waals surface area contributed by atoms with Gasteiger partial charge in [-0.15, -0.1) is 0 Å². The molecule has 1 aromatic rings. The van der Waals surface area contributed by atoms with Crippen LogP contribution in [-0.4, -0.2) is 73.2 Å². The summed E-state index contributed by atoms with van der Waals surface area (Å²) in [4.78, 5) is 72.8. The summed E-state index contributed by atoms with van der Waals surface area (Å²) in [6.45, 7) is 4.03. The van der Waals surface area contributed by atoms with Crippen molar-refractivity contribution in [2.45, 2.75) is 33.8 Å². The van der Waals surface area contributed by atoms with Gasteiger partial charge in [-0.05, 0) is 67.8 Å². The summed E-state index contributed by atoms with van der Waals surface area (Å²) < 4.78 is 15.5. The highest BCUT2D eigenvalue weighted by atomic mass is 127. The zero-order valence-electron chi connectivity index (χ0n) is 19.6. The molecule has 0 fully saturated rings. The molecule has 1 aromatic carbocycles. The lowest BCUT2D eigenvalue weighted by atomic mass is 10.1. The van der Waals surface area contributed by atoms with Crippen molar-refractivity contribution in [2.75, 3.05) is 31.2 Å². The van der Waals surface area contributed by atoms with E-state index in [9.17, 15) is 33.9 Å². The van der Waals surface area contributed by atoms with Crippen LogP contribution in [0.5, 0.6) is 0 Å². The van der Waals surface area contributed by atoms with Gasteiger partial charge in [-0.2, -0.15) is 0 Å². The molecule has 0 saturated heterocycles. The minimum Gasteiger partial charge on any atom is -0.478 e. The summed E-state index contributed by atoms with van der Waals surface area (Å²) in [7, 11) is 0. The number of benzene rings is 1. The van der Waals surface area contributed by atoms with E-state index in [2.05, 4.69) is 5.32 Å². The summed E-state index contributed by atoms with van der Waals surface area (Å²) in [5.74, 6) is -4.33. The maximum atomic E-state index is 13.0. The average Bonchev–Trinajstić information content (AvgIpc) is 2.73. The van der Waals surface area contributed by atoms with Crippen LogP contribution >= 0.6 is 67.8 Å². The summed E-state index contributed by atoms with van der Waals surface area (Å²) in [5.41, 5.74) is -0.0826. The number of carbonyl (C=O) groups excluding carboxylic acids is 5. The number of carbonyl (C=O) groups is 6. The molecule has 36 heavy (non-hydrogen) atoms. The van der Waals surface area contributed by atoms with E-state index in [1.807, 2.05) is 22.6 Å². The van der Waals surface area contributed by atoms with Gasteiger partial charge in [0.25, 0.3) is 5.91 Å². The molecule has 0 bridgehead atoms. The molecule has 0 heterocycles. The number of amides is 2. The third-order valence-electron chi connectivity index (χ3n) is 4.27. The molecule has 0 spiro atoms. The van der Waals surface area contributed by atoms with E-state index in [-0.39, 0.29) is 53.8 Å². The number of esters is 3. The van der Waals surface area contributed by atoms with Gasteiger partial charge in [0.15, 0.2) is 6.10 Å². The average molecular weight is 844 g/mol. The highest BCUT2D eigenvalue weighted by Gasteiger charge is 2.32. The van der Waals surface area contributed by atoms with E-state index in [4.69, 9.17) is 14.2 Å². The fraction of sp³-hybridized carbons (Fsp3) is 0.429. The van der Waals surface area contributed by atoms with E-state index in [1.54, 1.807) is 45.2 Å². The van der Waals surface area contributed by atoms with Crippen LogP contribution in [0.25, 0.3) is 0 Å². The Morgan fingerprint density at radius 3 is 1.89 bits per heavy atom. The number of hydrogen-bond donors (Lipinski definition) is 2. The predicted octanol–water partition coefficient (Wildman–Crippen LogP) is 2.34. The quantitative estimate of drug-likeness (QED) is 0.146. The summed E-state index contributed by atoms with van der Waals surface area (Å²) in [5, 5.41) is 12.4. The first-order valence-electron chi connectivity index (χ1n) is 10.1. The second-order valence-corrected chi connectivity index (χ2v) is 10.3. The molecule has 15 heteroatoms. The first-order valence-corrected chi connectivity index (χ1v) is 13.4. The molecular formula is C21H23I3N2O10. The number of nitrogens with zero attached hydrogens (tertiary/aromatic N) is 1. The third-order valence-corrected chi connectivity index (χ3v) is 7.45. The Labute approximate surface area is 247 Å². The Balaban J connectivity index is 3.60. The normalized spacial score (nSPS) is 11.2. The van der Waals surface area contributed by atoms with E-state index >= 15 is 0 Å². The first kappa shape index (κ1) is 32.3. The van der Waals surface area contributed by atoms with E-state index in [0.29, 0.717) is 0 Å². The fourth-order valence-corrected chi connectivity index (χ4v) is 7.57. The van der Waals surface area contributed by atoms with Crippen LogP contribution in [0.3, 0.4) is 0 Å². The standard InChI is InChI=1S/C21H23I3N2O10/c1-9(27)26(7-13(36-12(4)30)8-35-11(3)29)19-17(23)14(16(22)15(18(19)24)21(32)33)20(31)25-5-6-34-10(2)28/h13H,5-8H2,1-4H3,(H,25,31)(H,32,33). The number of aromatic carboxylic acids is 1. The molecule has 0 saturated carbocycles. The van der Waals surface area contributed by atoms with Crippen LogP contribution in [0, 0.1) is 10.7 Å². The van der Waals surface area contributed by atoms with Crippen molar-refractivity contribution in [2.24, 2.45) is 0 Å². The molecule has 0 aliphatic carbocycles. The van der Waals surface area contributed by atoms with Gasteiger partial charge in [0.1, 0.15) is 13.2 Å². The van der Waals surface area contributed by atoms with Crippen LogP contribution in [0.1, 0.15) is 48.4 Å². The molecule has 0 aliphatic rings. The van der Waals surface area contributed by atoms with Crippen LogP contribution in [0.15, 0.2) is 0 Å². The largest absolute Gasteiger partial charge is 0.478 e. The molecule has 1 unspecified atom stereocenters. The maximum Gasteiger partial charge on any atom is 0.337 e. The Hall–Kier alpha value is -1.77. The van der Waals surface area contributed by atoms with Crippen molar-refractivity contribution in [3.8, 4) is 0 Å². The molecule has 2 N–H and O–H groups in total. The van der Waals surface area contributed by atoms with Gasteiger partial charge in [-0.25, -0.2) is 4.79 Å². The van der Waals surface area contributed by atoms with Gasteiger partial charge >= 0.3 is 23.9 Å². The highest BCUT2D eigenvalue weighted by Crippen LogP contribution is 2.38. The number of hydrogen-bond acceptors (Lipinski definition) is 9. The second kappa shape index (κ2) is 14.8. The van der Waals surface area contributed by atoms with Crippen molar-refractivity contribution in [1.29, 1.82) is 0 Å². The van der Waals surface area contributed by atoms with Gasteiger partial charge in [0.2, 0.25) is 5.91 Å². The highest BCUT2D eigenvalue weighted by molar-refractivity contribution is 14.1. The zero-order chi connectivity index (χ0) is 27.7. The lowest BCUT2D eigenvalue weighted by Gasteiger charge is -2.29. The van der Waals surface area contributed by atoms with Gasteiger partial charge in [0.05, 0.1) is 37.0 Å². The van der Waals surface area contributed by atoms with Crippen molar-refractivity contribution in [3.05, 3.63) is 21.8 Å². The molecule has 198 valence electrons. The SMILES string of the molecule is CC(=O)OCCNC(=O)c1c(I)c(C(=O)O)c(I)c(N(CC(COC(C)=O)OC(C)=O)C(C)=O)c1I. The van der Waals surface area contributed by atoms with Crippen LogP contribution in [0.4, 0.5) is 5.69 Å². The van der Waals surface area contributed by atoms with E-state index in [1.165, 1.54) is 25.7 Å². The lowest BCUT2D eigenvalue weighted by Crippen LogP contribution is -2.42. The number of carboxylic acids is 1. The van der Waals surface area contributed by atoms with Crippen LogP contribution in [0.2, 0.25) is 0 Å². The van der Waals surface area contributed by atoms with E-state index in [0.717, 1.165) is 6.92 Å². The first-order chi connectivity index (χ1) is 16.7. The number of carboxylic acid groups (broad SMARTS) is 1. The molecule has 1 rings (SSSR count). The fourth-order valence-electron chi connectivity index (χ4n) is 2.87. The van der Waals surface area contributed by atoms with Gasteiger partial charge in [-0.3, -0.25) is 24.0 Å². The topological polar surface area (TPSA) is 166 Å². The lowest BCUT2D eigenvalue weighted by molar-refractivity contribution is -0.155. The van der Waals surface area contributed by atoms with Crippen molar-refractivity contribution < 1.29 is 48.1 Å². The third kappa shape index (κ3) is 9.27. The number of anilines is 1. The van der Waals surface area contributed by atoms with E-state index < -0.39 is 41.8 Å². The van der Waals surface area contributed by atoms with Crippen LogP contribution in [-0.2, 0) is 33.4 Å². The minimum atomic E-state index is -1.32. The maximum absolute atomic E-state index is 13.0. The monoisotopic (exact) mass is 844 g/mol. The minimum absolute atomic E-state index is 0.00196. The molecule has 0 aliphatic heterocycles. The Morgan fingerprint density at radius 2 is 1.42 bits per heavy atom. The molecule has 2 amide bonds. The zero-order valence-corrected chi connectivity index (χ0v) is 26.1. The predicted molar refractivity (Wildman–Crippen MR) is 151 cm³/mol. The molecule has 1 atom stereocenters. The second-order valence-electron chi connectivity index (χ2n) is 7.11. The molecule has 0 aromatic heterocycles. The summed E-state index contributed by atoms with van der Waals surface area (Å²) in [6.07, 6.45) is -1.06.